The van der Waals surface area contributed by atoms with Gasteiger partial charge < -0.3 is 9.64 Å². The van der Waals surface area contributed by atoms with E-state index in [2.05, 4.69) is 22.1 Å². The van der Waals surface area contributed by atoms with Gasteiger partial charge in [-0.15, -0.1) is 0 Å². The Morgan fingerprint density at radius 3 is 2.66 bits per heavy atom. The van der Waals surface area contributed by atoms with Crippen molar-refractivity contribution in [2.24, 2.45) is 0 Å². The zero-order chi connectivity index (χ0) is 20.2. The average Bonchev–Trinajstić information content (AvgIpc) is 3.02. The molecule has 1 aromatic carbocycles. The number of nitrogens with zero attached hydrogens (tertiary/aromatic N) is 4. The standard InChI is InChI=1S/C22H29ClN4O2/c1-17-19(21(23)27(24-17)15-18-7-3-2-4-8-18)16-26-10-6-5-9-20(26)22(28)25-11-13-29-14-12-25/h2-4,7-8,20H,5-6,9-16H2,1H3. The monoisotopic (exact) mass is 416 g/mol. The second kappa shape index (κ2) is 9.28. The molecule has 2 fully saturated rings. The Morgan fingerprint density at radius 2 is 1.90 bits per heavy atom. The lowest BCUT2D eigenvalue weighted by molar-refractivity contribution is -0.142. The van der Waals surface area contributed by atoms with Gasteiger partial charge >= 0.3 is 0 Å². The third kappa shape index (κ3) is 4.65. The minimum absolute atomic E-state index is 0.0743. The molecule has 1 amide bonds. The highest BCUT2D eigenvalue weighted by atomic mass is 35.5. The lowest BCUT2D eigenvalue weighted by Gasteiger charge is -2.38. The van der Waals surface area contributed by atoms with E-state index in [0.29, 0.717) is 44.5 Å². The van der Waals surface area contributed by atoms with Crippen LogP contribution in [0.1, 0.15) is 36.1 Å². The first-order chi connectivity index (χ1) is 14.1. The van der Waals surface area contributed by atoms with Crippen molar-refractivity contribution in [3.63, 3.8) is 0 Å². The van der Waals surface area contributed by atoms with E-state index in [1.807, 2.05) is 34.7 Å². The van der Waals surface area contributed by atoms with Crippen molar-refractivity contribution in [2.45, 2.75) is 45.3 Å². The number of carbonyl (C=O) groups is 1. The molecule has 156 valence electrons. The van der Waals surface area contributed by atoms with Crippen molar-refractivity contribution in [2.75, 3.05) is 32.8 Å². The highest BCUT2D eigenvalue weighted by molar-refractivity contribution is 6.30. The van der Waals surface area contributed by atoms with Crippen LogP contribution in [0, 0.1) is 6.92 Å². The third-order valence-corrected chi connectivity index (χ3v) is 6.36. The van der Waals surface area contributed by atoms with E-state index in [0.717, 1.165) is 37.1 Å². The Morgan fingerprint density at radius 1 is 1.14 bits per heavy atom. The Balaban J connectivity index is 1.50. The summed E-state index contributed by atoms with van der Waals surface area (Å²) in [6, 6.07) is 10.1. The number of rotatable bonds is 5. The number of benzene rings is 1. The molecule has 6 nitrogen and oxygen atoms in total. The average molecular weight is 417 g/mol. The van der Waals surface area contributed by atoms with Crippen molar-refractivity contribution in [3.8, 4) is 0 Å². The zero-order valence-corrected chi connectivity index (χ0v) is 17.8. The van der Waals surface area contributed by atoms with E-state index < -0.39 is 0 Å². The van der Waals surface area contributed by atoms with Crippen LogP contribution in [-0.4, -0.2) is 64.4 Å². The number of amides is 1. The number of likely N-dealkylation sites (tertiary alicyclic amines) is 1. The van der Waals surface area contributed by atoms with Crippen LogP contribution in [0.15, 0.2) is 30.3 Å². The molecule has 0 N–H and O–H groups in total. The number of carbonyl (C=O) groups excluding carboxylic acids is 1. The van der Waals surface area contributed by atoms with E-state index in [4.69, 9.17) is 16.3 Å². The first kappa shape index (κ1) is 20.4. The second-order valence-electron chi connectivity index (χ2n) is 7.92. The van der Waals surface area contributed by atoms with Crippen molar-refractivity contribution < 1.29 is 9.53 Å². The summed E-state index contributed by atoms with van der Waals surface area (Å²) < 4.78 is 7.27. The van der Waals surface area contributed by atoms with Gasteiger partial charge in [0.2, 0.25) is 5.91 Å². The van der Waals surface area contributed by atoms with Crippen molar-refractivity contribution in [3.05, 3.63) is 52.3 Å². The Labute approximate surface area is 177 Å². The van der Waals surface area contributed by atoms with Crippen molar-refractivity contribution in [1.82, 2.24) is 19.6 Å². The molecule has 2 aliphatic heterocycles. The summed E-state index contributed by atoms with van der Waals surface area (Å²) in [4.78, 5) is 17.4. The van der Waals surface area contributed by atoms with Gasteiger partial charge in [-0.1, -0.05) is 48.4 Å². The van der Waals surface area contributed by atoms with E-state index in [-0.39, 0.29) is 11.9 Å². The quantitative estimate of drug-likeness (QED) is 0.751. The predicted octanol–water partition coefficient (Wildman–Crippen LogP) is 3.11. The summed E-state index contributed by atoms with van der Waals surface area (Å²) in [6.45, 7) is 6.89. The molecule has 2 aromatic rings. The van der Waals surface area contributed by atoms with E-state index in [9.17, 15) is 4.79 Å². The molecule has 0 spiro atoms. The lowest BCUT2D eigenvalue weighted by atomic mass is 9.99. The van der Waals surface area contributed by atoms with Gasteiger partial charge in [0.1, 0.15) is 5.15 Å². The fourth-order valence-corrected chi connectivity index (χ4v) is 4.58. The van der Waals surface area contributed by atoms with Gasteiger partial charge in [0, 0.05) is 25.2 Å². The van der Waals surface area contributed by atoms with Crippen molar-refractivity contribution in [1.29, 1.82) is 0 Å². The molecule has 2 aliphatic rings. The van der Waals surface area contributed by atoms with E-state index in [1.165, 1.54) is 5.56 Å². The van der Waals surface area contributed by atoms with Gasteiger partial charge in [0.15, 0.2) is 0 Å². The highest BCUT2D eigenvalue weighted by Crippen LogP contribution is 2.27. The maximum atomic E-state index is 13.1. The van der Waals surface area contributed by atoms with E-state index in [1.54, 1.807) is 0 Å². The van der Waals surface area contributed by atoms with Gasteiger partial charge in [-0.2, -0.15) is 5.10 Å². The Kier molecular flexibility index (Phi) is 6.53. The summed E-state index contributed by atoms with van der Waals surface area (Å²) in [5.41, 5.74) is 3.14. The van der Waals surface area contributed by atoms with Crippen LogP contribution in [0.3, 0.4) is 0 Å². The smallest absolute Gasteiger partial charge is 0.240 e. The molecule has 7 heteroatoms. The number of aromatic nitrogens is 2. The number of piperidine rings is 1. The topological polar surface area (TPSA) is 50.6 Å². The lowest BCUT2D eigenvalue weighted by Crippen LogP contribution is -2.53. The first-order valence-electron chi connectivity index (χ1n) is 10.5. The van der Waals surface area contributed by atoms with Gasteiger partial charge in [0.05, 0.1) is 31.5 Å². The minimum atomic E-state index is -0.0743. The number of hydrogen-bond acceptors (Lipinski definition) is 4. The Bertz CT molecular complexity index is 833. The van der Waals surface area contributed by atoms with Crippen LogP contribution in [0.5, 0.6) is 0 Å². The first-order valence-corrected chi connectivity index (χ1v) is 10.9. The SMILES string of the molecule is Cc1nn(Cc2ccccc2)c(Cl)c1CN1CCCCC1C(=O)N1CCOCC1. The minimum Gasteiger partial charge on any atom is -0.378 e. The molecule has 3 heterocycles. The second-order valence-corrected chi connectivity index (χ2v) is 8.28. The number of halogens is 1. The van der Waals surface area contributed by atoms with E-state index >= 15 is 0 Å². The molecular weight excluding hydrogens is 388 g/mol. The van der Waals surface area contributed by atoms with Crippen LogP contribution < -0.4 is 0 Å². The van der Waals surface area contributed by atoms with Gasteiger partial charge in [0.25, 0.3) is 0 Å². The third-order valence-electron chi connectivity index (χ3n) is 5.94. The number of hydrogen-bond donors (Lipinski definition) is 0. The normalized spacial score (nSPS) is 20.8. The molecular formula is C22H29ClN4O2. The summed E-state index contributed by atoms with van der Waals surface area (Å²) in [5.74, 6) is 0.235. The van der Waals surface area contributed by atoms with Crippen molar-refractivity contribution >= 4 is 17.5 Å². The number of morpholine rings is 1. The molecule has 1 aromatic heterocycles. The fourth-order valence-electron chi connectivity index (χ4n) is 4.29. The van der Waals surface area contributed by atoms with Crippen LogP contribution in [-0.2, 0) is 22.6 Å². The van der Waals surface area contributed by atoms with Gasteiger partial charge in [-0.25, -0.2) is 4.68 Å². The van der Waals surface area contributed by atoms with Gasteiger partial charge in [-0.3, -0.25) is 9.69 Å². The fraction of sp³-hybridized carbons (Fsp3) is 0.545. The molecule has 2 saturated heterocycles. The molecule has 1 unspecified atom stereocenters. The van der Waals surface area contributed by atoms with Crippen LogP contribution in [0.4, 0.5) is 0 Å². The van der Waals surface area contributed by atoms with Crippen LogP contribution in [0.2, 0.25) is 5.15 Å². The molecule has 0 radical (unpaired) electrons. The molecule has 0 aliphatic carbocycles. The summed E-state index contributed by atoms with van der Waals surface area (Å²) >= 11 is 6.74. The number of aryl methyl sites for hydroxylation is 1. The van der Waals surface area contributed by atoms with Gasteiger partial charge in [-0.05, 0) is 31.9 Å². The maximum Gasteiger partial charge on any atom is 0.240 e. The zero-order valence-electron chi connectivity index (χ0n) is 17.0. The summed E-state index contributed by atoms with van der Waals surface area (Å²) in [6.07, 6.45) is 3.12. The molecule has 0 bridgehead atoms. The van der Waals surface area contributed by atoms with Crippen LogP contribution >= 0.6 is 11.6 Å². The molecule has 29 heavy (non-hydrogen) atoms. The predicted molar refractivity (Wildman–Crippen MR) is 113 cm³/mol. The maximum absolute atomic E-state index is 13.1. The number of ether oxygens (including phenoxy) is 1. The molecule has 4 rings (SSSR count). The highest BCUT2D eigenvalue weighted by Gasteiger charge is 2.33. The summed E-state index contributed by atoms with van der Waals surface area (Å²) in [7, 11) is 0. The Hall–Kier alpha value is -1.89. The summed E-state index contributed by atoms with van der Waals surface area (Å²) in [5, 5.41) is 5.35. The van der Waals surface area contributed by atoms with Crippen LogP contribution in [0.25, 0.3) is 0 Å². The molecule has 0 saturated carbocycles. The largest absolute Gasteiger partial charge is 0.378 e. The molecule has 1 atom stereocenters.